The Balaban J connectivity index is 3.22. The fraction of sp³-hybridized carbons (Fsp3) is 0.400. The molecule has 0 N–H and O–H groups in total. The summed E-state index contributed by atoms with van der Waals surface area (Å²) >= 11 is 14.0. The lowest BCUT2D eigenvalue weighted by Crippen LogP contribution is -2.31. The second kappa shape index (κ2) is 5.84. The molecule has 0 radical (unpaired) electrons. The van der Waals surface area contributed by atoms with E-state index in [0.717, 1.165) is 6.07 Å². The van der Waals surface area contributed by atoms with Crippen molar-refractivity contribution in [2.75, 3.05) is 7.11 Å². The molecule has 0 aliphatic rings. The van der Waals surface area contributed by atoms with E-state index in [0.29, 0.717) is 0 Å². The van der Waals surface area contributed by atoms with Gasteiger partial charge in [-0.2, -0.15) is 8.78 Å². The predicted molar refractivity (Wildman–Crippen MR) is 65.6 cm³/mol. The van der Waals surface area contributed by atoms with Gasteiger partial charge in [0.2, 0.25) is 0 Å². The Morgan fingerprint density at radius 3 is 2.22 bits per heavy atom. The number of ether oxygens (including phenoxy) is 1. The summed E-state index contributed by atoms with van der Waals surface area (Å²) in [6.45, 7) is 0. The number of hydrogen-bond donors (Lipinski definition) is 0. The van der Waals surface area contributed by atoms with E-state index in [1.54, 1.807) is 0 Å². The molecule has 1 nitrogen and oxygen atoms in total. The minimum Gasteiger partial charge on any atom is -0.495 e. The third-order valence-corrected chi connectivity index (χ3v) is 3.90. The summed E-state index contributed by atoms with van der Waals surface area (Å²) in [5, 5.41) is -0.134. The molecule has 1 rings (SSSR count). The van der Waals surface area contributed by atoms with Crippen LogP contribution >= 0.6 is 39.1 Å². The maximum absolute atomic E-state index is 13.2. The highest BCUT2D eigenvalue weighted by atomic mass is 79.9. The van der Waals surface area contributed by atoms with Gasteiger partial charge in [0.1, 0.15) is 10.6 Å². The molecule has 0 bridgehead atoms. The van der Waals surface area contributed by atoms with E-state index in [1.807, 2.05) is 0 Å². The van der Waals surface area contributed by atoms with Crippen LogP contribution in [-0.2, 0) is 0 Å². The summed E-state index contributed by atoms with van der Waals surface area (Å²) in [5.74, 6) is -4.09. The fourth-order valence-electron chi connectivity index (χ4n) is 1.21. The van der Waals surface area contributed by atoms with Crippen molar-refractivity contribution in [2.45, 2.75) is 17.2 Å². The molecule has 1 aromatic rings. The zero-order chi connectivity index (χ0) is 14.1. The summed E-state index contributed by atoms with van der Waals surface area (Å²) in [7, 11) is 1.32. The zero-order valence-electron chi connectivity index (χ0n) is 8.86. The average molecular weight is 370 g/mol. The fourth-order valence-corrected chi connectivity index (χ4v) is 2.43. The lowest BCUT2D eigenvalue weighted by Gasteiger charge is -2.23. The number of alkyl halides is 5. The first-order valence-electron chi connectivity index (χ1n) is 4.54. The van der Waals surface area contributed by atoms with Crippen LogP contribution in [0.2, 0.25) is 10.0 Å². The molecule has 0 amide bonds. The molecule has 0 spiro atoms. The van der Waals surface area contributed by atoms with Gasteiger partial charge in [0.05, 0.1) is 12.1 Å². The molecule has 1 atom stereocenters. The summed E-state index contributed by atoms with van der Waals surface area (Å²) in [6.07, 6.45) is -3.82. The third kappa shape index (κ3) is 3.03. The number of benzene rings is 1. The minimum absolute atomic E-state index is 0.00594. The van der Waals surface area contributed by atoms with Crippen LogP contribution in [0, 0.1) is 0 Å². The average Bonchev–Trinajstić information content (AvgIpc) is 2.30. The van der Waals surface area contributed by atoms with Crippen molar-refractivity contribution in [3.05, 3.63) is 27.7 Å². The van der Waals surface area contributed by atoms with Gasteiger partial charge in [0, 0.05) is 11.1 Å². The van der Waals surface area contributed by atoms with Gasteiger partial charge in [-0.25, -0.2) is 8.78 Å². The topological polar surface area (TPSA) is 9.23 Å². The molecule has 8 heteroatoms. The van der Waals surface area contributed by atoms with E-state index in [9.17, 15) is 17.6 Å². The van der Waals surface area contributed by atoms with Gasteiger partial charge in [-0.1, -0.05) is 39.1 Å². The van der Waals surface area contributed by atoms with E-state index in [-0.39, 0.29) is 21.4 Å². The normalized spacial score (nSPS) is 13.8. The van der Waals surface area contributed by atoms with Gasteiger partial charge in [-0.05, 0) is 11.6 Å². The van der Waals surface area contributed by atoms with Gasteiger partial charge >= 0.3 is 12.3 Å². The summed E-state index contributed by atoms with van der Waals surface area (Å²) in [5.41, 5.74) is -0.229. The molecular formula is C10H7BrCl2F4O. The van der Waals surface area contributed by atoms with Crippen LogP contribution in [0.1, 0.15) is 10.4 Å². The molecule has 18 heavy (non-hydrogen) atoms. The van der Waals surface area contributed by atoms with Gasteiger partial charge < -0.3 is 4.74 Å². The highest BCUT2D eigenvalue weighted by Crippen LogP contribution is 2.46. The molecule has 0 saturated heterocycles. The Hall–Kier alpha value is -0.200. The van der Waals surface area contributed by atoms with Crippen molar-refractivity contribution in [3.8, 4) is 5.75 Å². The molecular weight excluding hydrogens is 363 g/mol. The second-order valence-electron chi connectivity index (χ2n) is 3.35. The van der Waals surface area contributed by atoms with E-state index < -0.39 is 17.2 Å². The number of rotatable bonds is 4. The quantitative estimate of drug-likeness (QED) is 0.514. The molecule has 1 aromatic carbocycles. The van der Waals surface area contributed by atoms with Crippen LogP contribution < -0.4 is 4.74 Å². The van der Waals surface area contributed by atoms with Gasteiger partial charge in [-0.3, -0.25) is 0 Å². The molecule has 0 aromatic heterocycles. The van der Waals surface area contributed by atoms with Gasteiger partial charge in [0.25, 0.3) is 0 Å². The maximum atomic E-state index is 13.2. The summed E-state index contributed by atoms with van der Waals surface area (Å²) in [6, 6.07) is 2.26. The molecule has 0 saturated carbocycles. The highest BCUT2D eigenvalue weighted by Gasteiger charge is 2.49. The van der Waals surface area contributed by atoms with Crippen LogP contribution in [0.5, 0.6) is 5.75 Å². The smallest absolute Gasteiger partial charge is 0.323 e. The van der Waals surface area contributed by atoms with Crippen molar-refractivity contribution in [3.63, 3.8) is 0 Å². The minimum atomic E-state index is -4.26. The number of halogens is 7. The SMILES string of the molecule is COc1cc(Cl)c(C(Br)C(F)(F)C(F)F)cc1Cl. The van der Waals surface area contributed by atoms with Crippen molar-refractivity contribution in [1.29, 1.82) is 0 Å². The molecule has 0 aliphatic carbocycles. The first-order chi connectivity index (χ1) is 8.21. The van der Waals surface area contributed by atoms with Crippen LogP contribution in [0.25, 0.3) is 0 Å². The predicted octanol–water partition coefficient (Wildman–Crippen LogP) is 5.34. The Bertz CT molecular complexity index is 442. The zero-order valence-corrected chi connectivity index (χ0v) is 12.0. The number of hydrogen-bond acceptors (Lipinski definition) is 1. The van der Waals surface area contributed by atoms with Crippen LogP contribution in [0.3, 0.4) is 0 Å². The Morgan fingerprint density at radius 2 is 1.78 bits per heavy atom. The van der Waals surface area contributed by atoms with Gasteiger partial charge in [-0.15, -0.1) is 0 Å². The Kier molecular flexibility index (Phi) is 5.14. The second-order valence-corrected chi connectivity index (χ2v) is 5.08. The highest BCUT2D eigenvalue weighted by molar-refractivity contribution is 9.09. The van der Waals surface area contributed by atoms with E-state index in [1.165, 1.54) is 13.2 Å². The molecule has 1 unspecified atom stereocenters. The molecule has 0 fully saturated rings. The number of methoxy groups -OCH3 is 1. The van der Waals surface area contributed by atoms with Crippen molar-refractivity contribution in [2.24, 2.45) is 0 Å². The molecule has 0 heterocycles. The lowest BCUT2D eigenvalue weighted by atomic mass is 10.1. The standard InChI is InChI=1S/C10H7BrCl2F4O/c1-18-7-3-5(12)4(2-6(7)13)8(11)10(16,17)9(14)15/h2-3,8-9H,1H3. The van der Waals surface area contributed by atoms with Crippen LogP contribution in [-0.4, -0.2) is 19.5 Å². The monoisotopic (exact) mass is 368 g/mol. The van der Waals surface area contributed by atoms with E-state index >= 15 is 0 Å². The Morgan fingerprint density at radius 1 is 1.22 bits per heavy atom. The first kappa shape index (κ1) is 15.9. The first-order valence-corrected chi connectivity index (χ1v) is 6.22. The third-order valence-electron chi connectivity index (χ3n) is 2.17. The molecule has 102 valence electrons. The van der Waals surface area contributed by atoms with Crippen LogP contribution in [0.4, 0.5) is 17.6 Å². The largest absolute Gasteiger partial charge is 0.495 e. The lowest BCUT2D eigenvalue weighted by molar-refractivity contribution is -0.127. The van der Waals surface area contributed by atoms with Crippen LogP contribution in [0.15, 0.2) is 12.1 Å². The summed E-state index contributed by atoms with van der Waals surface area (Å²) < 4.78 is 55.7. The maximum Gasteiger partial charge on any atom is 0.323 e. The Labute approximate surface area is 119 Å². The molecule has 0 aliphatic heterocycles. The van der Waals surface area contributed by atoms with Crippen molar-refractivity contribution in [1.82, 2.24) is 0 Å². The summed E-state index contributed by atoms with van der Waals surface area (Å²) in [4.78, 5) is -1.94. The van der Waals surface area contributed by atoms with E-state index in [2.05, 4.69) is 15.9 Å². The van der Waals surface area contributed by atoms with Crippen molar-refractivity contribution < 1.29 is 22.3 Å². The van der Waals surface area contributed by atoms with Gasteiger partial charge in [0.15, 0.2) is 0 Å². The van der Waals surface area contributed by atoms with E-state index in [4.69, 9.17) is 27.9 Å². The van der Waals surface area contributed by atoms with Crippen molar-refractivity contribution >= 4 is 39.1 Å².